The fraction of sp³-hybridized carbons (Fsp3) is 0.600. The van der Waals surface area contributed by atoms with E-state index in [4.69, 9.17) is 4.74 Å². The van der Waals surface area contributed by atoms with Crippen LogP contribution in [-0.2, 0) is 26.2 Å². The van der Waals surface area contributed by atoms with Gasteiger partial charge in [-0.3, -0.25) is 4.79 Å². The zero-order chi connectivity index (χ0) is 21.2. The maximum Gasteiger partial charge on any atom is 0.346 e. The molecule has 0 amide bonds. The number of ketones is 1. The highest BCUT2D eigenvalue weighted by Gasteiger charge is 2.42. The van der Waals surface area contributed by atoms with Crippen LogP contribution in [0.4, 0.5) is 0 Å². The van der Waals surface area contributed by atoms with Crippen LogP contribution in [0.5, 0.6) is 0 Å². The number of rotatable bonds is 5. The Morgan fingerprint density at radius 1 is 1.10 bits per heavy atom. The predicted octanol–water partition coefficient (Wildman–Crippen LogP) is 5.44. The van der Waals surface area contributed by atoms with Crippen LogP contribution in [0.1, 0.15) is 77.3 Å². The van der Waals surface area contributed by atoms with Gasteiger partial charge in [-0.1, -0.05) is 84.1 Å². The van der Waals surface area contributed by atoms with Gasteiger partial charge >= 0.3 is 5.97 Å². The molecule has 158 valence electrons. The monoisotopic (exact) mass is 398 g/mol. The summed E-state index contributed by atoms with van der Waals surface area (Å²) in [4.78, 5) is 25.1. The fourth-order valence-electron chi connectivity index (χ4n) is 4.45. The molecule has 1 aromatic carbocycles. The second kappa shape index (κ2) is 8.73. The zero-order valence-corrected chi connectivity index (χ0v) is 18.2. The summed E-state index contributed by atoms with van der Waals surface area (Å²) in [6.45, 7) is 8.35. The molecule has 1 aromatic rings. The van der Waals surface area contributed by atoms with Crippen molar-refractivity contribution in [1.82, 2.24) is 0 Å². The van der Waals surface area contributed by atoms with Crippen LogP contribution >= 0.6 is 0 Å². The molecule has 0 bridgehead atoms. The minimum atomic E-state index is -0.721. The minimum Gasteiger partial charge on any atom is -0.511 e. The van der Waals surface area contributed by atoms with Crippen LogP contribution in [0, 0.1) is 11.8 Å². The Hall–Kier alpha value is -2.10. The van der Waals surface area contributed by atoms with E-state index in [0.29, 0.717) is 18.8 Å². The second-order valence-electron chi connectivity index (χ2n) is 9.81. The van der Waals surface area contributed by atoms with E-state index in [1.54, 1.807) is 0 Å². The molecule has 2 unspecified atom stereocenters. The molecule has 1 N–H and O–H groups in total. The lowest BCUT2D eigenvalue weighted by molar-refractivity contribution is -0.141. The van der Waals surface area contributed by atoms with Gasteiger partial charge in [0, 0.05) is 5.92 Å². The Labute approximate surface area is 174 Å². The van der Waals surface area contributed by atoms with Crippen LogP contribution in [0.15, 0.2) is 35.6 Å². The standard InChI is InChI=1S/C25H34O4/c1-16(14-18-10-12-19(13-11-18)25(2,3)4)22(26)21-23(27)20(29-24(21)28)15-17-8-6-5-7-9-17/h10-13,16-17,20,26H,5-9,14-15H2,1-4H3/b22-21+. The first-order chi connectivity index (χ1) is 13.7. The largest absolute Gasteiger partial charge is 0.511 e. The quantitative estimate of drug-likeness (QED) is 0.310. The lowest BCUT2D eigenvalue weighted by Crippen LogP contribution is -2.22. The normalized spacial score (nSPS) is 23.8. The number of aliphatic hydroxyl groups is 1. The Balaban J connectivity index is 1.68. The third-order valence-electron chi connectivity index (χ3n) is 6.35. The smallest absolute Gasteiger partial charge is 0.346 e. The first kappa shape index (κ1) is 21.6. The second-order valence-corrected chi connectivity index (χ2v) is 9.81. The maximum atomic E-state index is 12.8. The average Bonchev–Trinajstić information content (AvgIpc) is 2.95. The number of cyclic esters (lactones) is 1. The molecule has 1 aliphatic heterocycles. The van der Waals surface area contributed by atoms with Gasteiger partial charge in [-0.2, -0.15) is 0 Å². The molecule has 3 rings (SSSR count). The third kappa shape index (κ3) is 5.09. The first-order valence-corrected chi connectivity index (χ1v) is 10.9. The van der Waals surface area contributed by atoms with E-state index in [9.17, 15) is 14.7 Å². The summed E-state index contributed by atoms with van der Waals surface area (Å²) in [5.41, 5.74) is 2.26. The molecule has 0 aromatic heterocycles. The molecule has 2 fully saturated rings. The maximum absolute atomic E-state index is 12.8. The van der Waals surface area contributed by atoms with E-state index >= 15 is 0 Å². The van der Waals surface area contributed by atoms with Gasteiger partial charge in [-0.05, 0) is 35.3 Å². The number of benzene rings is 1. The van der Waals surface area contributed by atoms with Crippen LogP contribution < -0.4 is 0 Å². The topological polar surface area (TPSA) is 63.6 Å². The van der Waals surface area contributed by atoms with E-state index in [-0.39, 0.29) is 28.4 Å². The molecular formula is C25H34O4. The molecule has 1 aliphatic carbocycles. The van der Waals surface area contributed by atoms with E-state index in [2.05, 4.69) is 45.0 Å². The van der Waals surface area contributed by atoms with Gasteiger partial charge in [0.15, 0.2) is 6.10 Å². The molecule has 2 atom stereocenters. The van der Waals surface area contributed by atoms with E-state index in [1.165, 1.54) is 24.8 Å². The molecule has 4 heteroatoms. The summed E-state index contributed by atoms with van der Waals surface area (Å²) in [6.07, 6.45) is 6.21. The van der Waals surface area contributed by atoms with E-state index in [0.717, 1.165) is 18.4 Å². The van der Waals surface area contributed by atoms with Crippen molar-refractivity contribution < 1.29 is 19.4 Å². The van der Waals surface area contributed by atoms with Crippen molar-refractivity contribution in [2.75, 3.05) is 0 Å². The van der Waals surface area contributed by atoms with Crippen LogP contribution in [0.3, 0.4) is 0 Å². The van der Waals surface area contributed by atoms with Crippen molar-refractivity contribution >= 4 is 11.8 Å². The number of esters is 1. The third-order valence-corrected chi connectivity index (χ3v) is 6.35. The Morgan fingerprint density at radius 2 is 1.72 bits per heavy atom. The number of allylic oxidation sites excluding steroid dienone is 1. The molecule has 0 spiro atoms. The van der Waals surface area contributed by atoms with Crippen LogP contribution in [0.25, 0.3) is 0 Å². The number of hydrogen-bond acceptors (Lipinski definition) is 4. The predicted molar refractivity (Wildman–Crippen MR) is 114 cm³/mol. The highest BCUT2D eigenvalue weighted by Crippen LogP contribution is 2.33. The Kier molecular flexibility index (Phi) is 6.50. The molecule has 0 radical (unpaired) electrons. The van der Waals surface area contributed by atoms with Crippen molar-refractivity contribution in [2.45, 2.75) is 84.2 Å². The van der Waals surface area contributed by atoms with Crippen molar-refractivity contribution in [3.63, 3.8) is 0 Å². The highest BCUT2D eigenvalue weighted by atomic mass is 16.6. The highest BCUT2D eigenvalue weighted by molar-refractivity contribution is 6.23. The molecule has 1 saturated carbocycles. The van der Waals surface area contributed by atoms with Gasteiger partial charge in [0.1, 0.15) is 11.3 Å². The molecule has 29 heavy (non-hydrogen) atoms. The SMILES string of the molecule is CC(Cc1ccc(C(C)(C)C)cc1)/C(O)=C1\C(=O)OC(CC2CCCCC2)C1=O. The lowest BCUT2D eigenvalue weighted by atomic mass is 9.84. The van der Waals surface area contributed by atoms with Crippen LogP contribution in [0.2, 0.25) is 0 Å². The summed E-state index contributed by atoms with van der Waals surface area (Å²) < 4.78 is 5.36. The van der Waals surface area contributed by atoms with Gasteiger partial charge in [-0.15, -0.1) is 0 Å². The van der Waals surface area contributed by atoms with E-state index in [1.807, 2.05) is 6.92 Å². The number of carbonyl (C=O) groups excluding carboxylic acids is 2. The zero-order valence-electron chi connectivity index (χ0n) is 18.2. The minimum absolute atomic E-state index is 0.0850. The molecule has 1 saturated heterocycles. The lowest BCUT2D eigenvalue weighted by Gasteiger charge is -2.22. The summed E-state index contributed by atoms with van der Waals surface area (Å²) >= 11 is 0. The summed E-state index contributed by atoms with van der Waals surface area (Å²) in [6, 6.07) is 8.30. The molecule has 2 aliphatic rings. The number of Topliss-reactive ketones (excluding diaryl/α,β-unsaturated/α-hetero) is 1. The molecule has 4 nitrogen and oxygen atoms in total. The van der Waals surface area contributed by atoms with Gasteiger partial charge in [0.25, 0.3) is 0 Å². The van der Waals surface area contributed by atoms with Gasteiger partial charge in [0.05, 0.1) is 0 Å². The summed E-state index contributed by atoms with van der Waals surface area (Å²) in [5.74, 6) is -1.02. The number of aliphatic hydroxyl groups excluding tert-OH is 1. The van der Waals surface area contributed by atoms with Crippen LogP contribution in [-0.4, -0.2) is 23.0 Å². The van der Waals surface area contributed by atoms with Gasteiger partial charge < -0.3 is 9.84 Å². The number of ether oxygens (including phenoxy) is 1. The fourth-order valence-corrected chi connectivity index (χ4v) is 4.45. The average molecular weight is 399 g/mol. The van der Waals surface area contributed by atoms with Crippen molar-refractivity contribution in [3.8, 4) is 0 Å². The summed E-state index contributed by atoms with van der Waals surface area (Å²) in [5, 5.41) is 10.7. The molecule has 1 heterocycles. The van der Waals surface area contributed by atoms with Crippen molar-refractivity contribution in [3.05, 3.63) is 46.7 Å². The molecular weight excluding hydrogens is 364 g/mol. The van der Waals surface area contributed by atoms with Gasteiger partial charge in [0.2, 0.25) is 5.78 Å². The number of hydrogen-bond donors (Lipinski definition) is 1. The van der Waals surface area contributed by atoms with Gasteiger partial charge in [-0.25, -0.2) is 4.79 Å². The number of carbonyl (C=O) groups is 2. The Morgan fingerprint density at radius 3 is 2.31 bits per heavy atom. The first-order valence-electron chi connectivity index (χ1n) is 10.9. The van der Waals surface area contributed by atoms with Crippen molar-refractivity contribution in [2.24, 2.45) is 11.8 Å². The van der Waals surface area contributed by atoms with E-state index < -0.39 is 12.1 Å². The Bertz CT molecular complexity index is 776. The summed E-state index contributed by atoms with van der Waals surface area (Å²) in [7, 11) is 0. The van der Waals surface area contributed by atoms with Crippen molar-refractivity contribution in [1.29, 1.82) is 0 Å².